The smallest absolute Gasteiger partial charge is 0.161 e. The van der Waals surface area contributed by atoms with Gasteiger partial charge in [0.2, 0.25) is 0 Å². The molecule has 0 saturated heterocycles. The van der Waals surface area contributed by atoms with Gasteiger partial charge in [0.05, 0.1) is 0 Å². The lowest BCUT2D eigenvalue weighted by Crippen LogP contribution is -1.96. The molecular weight excluding hydrogens is 348 g/mol. The van der Waals surface area contributed by atoms with Crippen LogP contribution >= 0.6 is 11.6 Å². The molecule has 0 unspecified atom stereocenters. The van der Waals surface area contributed by atoms with Crippen LogP contribution in [0.3, 0.4) is 0 Å². The van der Waals surface area contributed by atoms with Crippen molar-refractivity contribution in [1.29, 1.82) is 0 Å². The summed E-state index contributed by atoms with van der Waals surface area (Å²) in [6, 6.07) is 17.1. The van der Waals surface area contributed by atoms with Crippen molar-refractivity contribution in [1.82, 2.24) is 9.97 Å². The molecule has 132 valence electrons. The van der Waals surface area contributed by atoms with E-state index >= 15 is 0 Å². The third-order valence-corrected chi connectivity index (χ3v) is 3.82. The zero-order valence-electron chi connectivity index (χ0n) is 14.6. The van der Waals surface area contributed by atoms with E-state index in [0.717, 1.165) is 12.1 Å². The summed E-state index contributed by atoms with van der Waals surface area (Å²) >= 11 is 5.49. The highest BCUT2D eigenvalue weighted by Gasteiger charge is 2.01. The van der Waals surface area contributed by atoms with E-state index in [1.165, 1.54) is 18.7 Å². The second kappa shape index (κ2) is 9.59. The Morgan fingerprint density at radius 2 is 1.38 bits per heavy atom. The number of Topliss-reactive ketones (excluding diaryl/α,β-unsaturated/α-hetero) is 2. The fourth-order valence-electron chi connectivity index (χ4n) is 2.13. The molecule has 0 spiro atoms. The van der Waals surface area contributed by atoms with E-state index in [1.54, 1.807) is 25.3 Å². The Morgan fingerprint density at radius 3 is 1.85 bits per heavy atom. The fourth-order valence-corrected chi connectivity index (χ4v) is 2.24. The third-order valence-electron chi connectivity index (χ3n) is 3.59. The zero-order valence-corrected chi connectivity index (χ0v) is 15.4. The van der Waals surface area contributed by atoms with Crippen molar-refractivity contribution in [2.75, 3.05) is 0 Å². The van der Waals surface area contributed by atoms with Gasteiger partial charge in [-0.2, -0.15) is 0 Å². The highest BCUT2D eigenvalue weighted by atomic mass is 35.5. The van der Waals surface area contributed by atoms with Gasteiger partial charge in [0.25, 0.3) is 0 Å². The van der Waals surface area contributed by atoms with E-state index in [-0.39, 0.29) is 11.6 Å². The average Bonchev–Trinajstić information content (AvgIpc) is 2.64. The first-order valence-electron chi connectivity index (χ1n) is 8.08. The highest BCUT2D eigenvalue weighted by molar-refractivity contribution is 6.29. The van der Waals surface area contributed by atoms with Gasteiger partial charge in [-0.05, 0) is 43.7 Å². The minimum atomic E-state index is 0.00386. The van der Waals surface area contributed by atoms with Crippen LogP contribution in [-0.4, -0.2) is 21.5 Å². The van der Waals surface area contributed by atoms with Crippen LogP contribution in [0.5, 0.6) is 0 Å². The van der Waals surface area contributed by atoms with Gasteiger partial charge in [-0.3, -0.25) is 14.6 Å². The maximum atomic E-state index is 11.1. The number of benzene rings is 1. The molecule has 26 heavy (non-hydrogen) atoms. The summed E-state index contributed by atoms with van der Waals surface area (Å²) in [5.74, 6) is 0.0583. The van der Waals surface area contributed by atoms with Crippen molar-refractivity contribution in [3.8, 4) is 0 Å². The fraction of sp³-hybridized carbons (Fsp3) is 0.143. The number of hydrogen-bond acceptors (Lipinski definition) is 4. The summed E-state index contributed by atoms with van der Waals surface area (Å²) in [5, 5.41) is 0.407. The van der Waals surface area contributed by atoms with Crippen LogP contribution in [0.4, 0.5) is 0 Å². The topological polar surface area (TPSA) is 59.9 Å². The number of nitrogens with zero attached hydrogens (tertiary/aromatic N) is 2. The van der Waals surface area contributed by atoms with Crippen molar-refractivity contribution in [2.45, 2.75) is 20.3 Å². The van der Waals surface area contributed by atoms with Gasteiger partial charge in [0.1, 0.15) is 5.15 Å². The van der Waals surface area contributed by atoms with E-state index in [1.807, 2.05) is 30.3 Å². The Bertz CT molecular complexity index is 861. The maximum absolute atomic E-state index is 11.1. The Morgan fingerprint density at radius 1 is 0.808 bits per heavy atom. The van der Waals surface area contributed by atoms with Crippen LogP contribution in [0.1, 0.15) is 45.8 Å². The van der Waals surface area contributed by atoms with Crippen molar-refractivity contribution >= 4 is 23.2 Å². The molecule has 1 aromatic carbocycles. The molecule has 0 saturated carbocycles. The molecule has 0 radical (unpaired) electrons. The molecule has 3 rings (SSSR count). The molecule has 5 heteroatoms. The molecule has 0 N–H and O–H groups in total. The van der Waals surface area contributed by atoms with E-state index < -0.39 is 0 Å². The average molecular weight is 367 g/mol. The molecule has 2 heterocycles. The minimum absolute atomic E-state index is 0.00386. The van der Waals surface area contributed by atoms with Crippen LogP contribution in [0.25, 0.3) is 0 Å². The molecule has 0 fully saturated rings. The number of halogens is 1. The quantitative estimate of drug-likeness (QED) is 0.491. The van der Waals surface area contributed by atoms with Gasteiger partial charge in [0.15, 0.2) is 11.6 Å². The first-order chi connectivity index (χ1) is 12.5. The first kappa shape index (κ1) is 19.5. The summed E-state index contributed by atoms with van der Waals surface area (Å²) < 4.78 is 0. The molecule has 0 aliphatic carbocycles. The highest BCUT2D eigenvalue weighted by Crippen LogP contribution is 2.08. The van der Waals surface area contributed by atoms with Gasteiger partial charge in [-0.25, -0.2) is 4.98 Å². The van der Waals surface area contributed by atoms with Crippen molar-refractivity contribution in [3.63, 3.8) is 0 Å². The van der Waals surface area contributed by atoms with Gasteiger partial charge in [-0.15, -0.1) is 0 Å². The standard InChI is InChI=1S/C14H13NO.C7H6ClNO/c1-11(16)13-7-8-14(15-10-13)9-12-5-3-2-4-6-12;1-5(10)6-2-3-7(8)9-4-6/h2-8,10H,9H2,1H3;2-4H,1H3. The minimum Gasteiger partial charge on any atom is -0.294 e. The number of aromatic nitrogens is 2. The van der Waals surface area contributed by atoms with Crippen LogP contribution < -0.4 is 0 Å². The Hall–Kier alpha value is -2.85. The number of hydrogen-bond donors (Lipinski definition) is 0. The molecule has 2 aromatic heterocycles. The predicted molar refractivity (Wildman–Crippen MR) is 103 cm³/mol. The normalized spacial score (nSPS) is 9.81. The van der Waals surface area contributed by atoms with Gasteiger partial charge < -0.3 is 0 Å². The number of rotatable bonds is 4. The Labute approximate surface area is 157 Å². The van der Waals surface area contributed by atoms with E-state index in [4.69, 9.17) is 11.6 Å². The summed E-state index contributed by atoms with van der Waals surface area (Å²) in [6.45, 7) is 3.04. The molecular formula is C21H19ClN2O2. The molecule has 0 aliphatic rings. The second-order valence-corrected chi connectivity index (χ2v) is 6.07. The largest absolute Gasteiger partial charge is 0.294 e. The summed E-state index contributed by atoms with van der Waals surface area (Å²) in [7, 11) is 0. The van der Waals surface area contributed by atoms with Crippen LogP contribution in [0.2, 0.25) is 5.15 Å². The van der Waals surface area contributed by atoms with Crippen molar-refractivity contribution in [3.05, 3.63) is 94.5 Å². The maximum Gasteiger partial charge on any atom is 0.161 e. The lowest BCUT2D eigenvalue weighted by molar-refractivity contribution is 0.100. The second-order valence-electron chi connectivity index (χ2n) is 5.68. The van der Waals surface area contributed by atoms with Gasteiger partial charge in [-0.1, -0.05) is 41.9 Å². The van der Waals surface area contributed by atoms with E-state index in [2.05, 4.69) is 22.1 Å². The summed E-state index contributed by atoms with van der Waals surface area (Å²) in [6.07, 6.45) is 3.91. The Kier molecular flexibility index (Phi) is 7.18. The monoisotopic (exact) mass is 366 g/mol. The van der Waals surface area contributed by atoms with E-state index in [0.29, 0.717) is 16.3 Å². The SMILES string of the molecule is CC(=O)c1ccc(Cc2ccccc2)nc1.CC(=O)c1ccc(Cl)nc1. The Balaban J connectivity index is 0.000000209. The number of ketones is 2. The van der Waals surface area contributed by atoms with Crippen LogP contribution in [0, 0.1) is 0 Å². The van der Waals surface area contributed by atoms with Crippen LogP contribution in [-0.2, 0) is 6.42 Å². The molecule has 3 aromatic rings. The number of carbonyl (C=O) groups is 2. The molecule has 0 bridgehead atoms. The van der Waals surface area contributed by atoms with Crippen molar-refractivity contribution < 1.29 is 9.59 Å². The molecule has 4 nitrogen and oxygen atoms in total. The van der Waals surface area contributed by atoms with E-state index in [9.17, 15) is 9.59 Å². The van der Waals surface area contributed by atoms with Crippen LogP contribution in [0.15, 0.2) is 67.0 Å². The molecule has 0 atom stereocenters. The zero-order chi connectivity index (χ0) is 18.9. The molecule has 0 aliphatic heterocycles. The number of carbonyl (C=O) groups excluding carboxylic acids is 2. The predicted octanol–water partition coefficient (Wildman–Crippen LogP) is 4.81. The third kappa shape index (κ3) is 6.22. The first-order valence-corrected chi connectivity index (χ1v) is 8.46. The number of pyridine rings is 2. The summed E-state index contributed by atoms with van der Waals surface area (Å²) in [4.78, 5) is 29.8. The summed E-state index contributed by atoms with van der Waals surface area (Å²) in [5.41, 5.74) is 3.46. The van der Waals surface area contributed by atoms with Crippen molar-refractivity contribution in [2.24, 2.45) is 0 Å². The lowest BCUT2D eigenvalue weighted by atomic mass is 10.1. The lowest BCUT2D eigenvalue weighted by Gasteiger charge is -2.01. The molecule has 0 amide bonds. The van der Waals surface area contributed by atoms with Gasteiger partial charge in [0, 0.05) is 35.6 Å². The van der Waals surface area contributed by atoms with Gasteiger partial charge >= 0.3 is 0 Å².